The first-order valence-corrected chi connectivity index (χ1v) is 9.61. The summed E-state index contributed by atoms with van der Waals surface area (Å²) in [7, 11) is 1.61. The maximum atomic E-state index is 12.5. The Balaban J connectivity index is 1.56. The standard InChI is InChI=1S/C20H22N2O4S/c1-14(23)18-9-16(13-27-18)10-19(24)22-7-6-21(20(25)12-22)11-15-4-3-5-17(8-15)26-2/h3-5,8-9,13H,6-7,10-12H2,1-2H3. The van der Waals surface area contributed by atoms with Crippen LogP contribution in [0.25, 0.3) is 0 Å². The highest BCUT2D eigenvalue weighted by atomic mass is 32.1. The minimum Gasteiger partial charge on any atom is -0.497 e. The van der Waals surface area contributed by atoms with Gasteiger partial charge in [0.15, 0.2) is 5.78 Å². The first kappa shape index (κ1) is 19.1. The van der Waals surface area contributed by atoms with Crippen LogP contribution in [0.4, 0.5) is 0 Å². The third kappa shape index (κ3) is 4.74. The Labute approximate surface area is 162 Å². The monoisotopic (exact) mass is 386 g/mol. The third-order valence-electron chi connectivity index (χ3n) is 4.54. The molecule has 0 N–H and O–H groups in total. The third-order valence-corrected chi connectivity index (χ3v) is 5.61. The molecule has 1 aromatic heterocycles. The summed E-state index contributed by atoms with van der Waals surface area (Å²) in [5, 5.41) is 1.83. The van der Waals surface area contributed by atoms with Gasteiger partial charge >= 0.3 is 0 Å². The van der Waals surface area contributed by atoms with E-state index < -0.39 is 0 Å². The molecule has 6 nitrogen and oxygen atoms in total. The predicted octanol–water partition coefficient (Wildman–Crippen LogP) is 2.37. The number of carbonyl (C=O) groups is 3. The van der Waals surface area contributed by atoms with Crippen LogP contribution in [-0.4, -0.2) is 54.1 Å². The van der Waals surface area contributed by atoms with Crippen molar-refractivity contribution in [3.05, 3.63) is 51.7 Å². The van der Waals surface area contributed by atoms with E-state index in [4.69, 9.17) is 4.74 Å². The van der Waals surface area contributed by atoms with Crippen molar-refractivity contribution in [2.45, 2.75) is 19.9 Å². The number of piperazine rings is 1. The van der Waals surface area contributed by atoms with Gasteiger partial charge in [-0.05, 0) is 41.6 Å². The lowest BCUT2D eigenvalue weighted by Gasteiger charge is -2.34. The molecule has 0 unspecified atom stereocenters. The van der Waals surface area contributed by atoms with Crippen molar-refractivity contribution in [2.75, 3.05) is 26.7 Å². The number of benzene rings is 1. The highest BCUT2D eigenvalue weighted by molar-refractivity contribution is 7.12. The van der Waals surface area contributed by atoms with Gasteiger partial charge in [0.25, 0.3) is 0 Å². The second-order valence-corrected chi connectivity index (χ2v) is 7.45. The number of amides is 2. The molecule has 2 aromatic rings. The van der Waals surface area contributed by atoms with Gasteiger partial charge in [0.05, 0.1) is 25.0 Å². The molecule has 3 rings (SSSR count). The Morgan fingerprint density at radius 1 is 1.19 bits per heavy atom. The van der Waals surface area contributed by atoms with Crippen LogP contribution >= 0.6 is 11.3 Å². The maximum Gasteiger partial charge on any atom is 0.242 e. The highest BCUT2D eigenvalue weighted by Crippen LogP contribution is 2.18. The van der Waals surface area contributed by atoms with Gasteiger partial charge < -0.3 is 14.5 Å². The van der Waals surface area contributed by atoms with Crippen LogP contribution in [0.5, 0.6) is 5.75 Å². The molecule has 2 heterocycles. The molecule has 27 heavy (non-hydrogen) atoms. The minimum absolute atomic E-state index is 0.0000310. The predicted molar refractivity (Wildman–Crippen MR) is 103 cm³/mol. The molecule has 0 saturated carbocycles. The van der Waals surface area contributed by atoms with Gasteiger partial charge in [0.1, 0.15) is 5.75 Å². The van der Waals surface area contributed by atoms with Crippen LogP contribution in [0.15, 0.2) is 35.7 Å². The Morgan fingerprint density at radius 3 is 2.67 bits per heavy atom. The van der Waals surface area contributed by atoms with Crippen molar-refractivity contribution in [3.63, 3.8) is 0 Å². The molecule has 1 fully saturated rings. The van der Waals surface area contributed by atoms with E-state index in [0.717, 1.165) is 16.9 Å². The smallest absolute Gasteiger partial charge is 0.242 e. The molecule has 1 saturated heterocycles. The number of hydrogen-bond donors (Lipinski definition) is 0. The van der Waals surface area contributed by atoms with E-state index in [2.05, 4.69) is 0 Å². The summed E-state index contributed by atoms with van der Waals surface area (Å²) in [4.78, 5) is 40.3. The van der Waals surface area contributed by atoms with E-state index in [0.29, 0.717) is 24.5 Å². The largest absolute Gasteiger partial charge is 0.497 e. The number of hydrogen-bond acceptors (Lipinski definition) is 5. The second-order valence-electron chi connectivity index (χ2n) is 6.53. The Morgan fingerprint density at radius 2 is 2.00 bits per heavy atom. The summed E-state index contributed by atoms with van der Waals surface area (Å²) in [6.07, 6.45) is 0.215. The molecule has 1 aliphatic rings. The lowest BCUT2D eigenvalue weighted by atomic mass is 10.1. The van der Waals surface area contributed by atoms with Crippen LogP contribution in [0.1, 0.15) is 27.7 Å². The van der Waals surface area contributed by atoms with E-state index in [1.54, 1.807) is 23.0 Å². The van der Waals surface area contributed by atoms with Gasteiger partial charge in [-0.15, -0.1) is 11.3 Å². The molecule has 2 amide bonds. The van der Waals surface area contributed by atoms with Gasteiger partial charge in [0, 0.05) is 19.6 Å². The summed E-state index contributed by atoms with van der Waals surface area (Å²) in [5.41, 5.74) is 1.82. The number of carbonyl (C=O) groups excluding carboxylic acids is 3. The summed E-state index contributed by atoms with van der Waals surface area (Å²) in [6.45, 7) is 3.12. The van der Waals surface area contributed by atoms with Crippen molar-refractivity contribution in [1.82, 2.24) is 9.80 Å². The Bertz CT molecular complexity index is 861. The second kappa shape index (κ2) is 8.35. The van der Waals surface area contributed by atoms with E-state index in [1.165, 1.54) is 18.3 Å². The highest BCUT2D eigenvalue weighted by Gasteiger charge is 2.27. The fraction of sp³-hybridized carbons (Fsp3) is 0.350. The molecule has 1 aromatic carbocycles. The van der Waals surface area contributed by atoms with Gasteiger partial charge in [-0.1, -0.05) is 12.1 Å². The maximum absolute atomic E-state index is 12.5. The fourth-order valence-corrected chi connectivity index (χ4v) is 3.83. The molecule has 0 bridgehead atoms. The molecule has 0 spiro atoms. The number of methoxy groups -OCH3 is 1. The number of ether oxygens (including phenoxy) is 1. The SMILES string of the molecule is COc1cccc(CN2CCN(C(=O)Cc3csc(C(C)=O)c3)CC2=O)c1. The van der Waals surface area contributed by atoms with E-state index >= 15 is 0 Å². The average molecular weight is 386 g/mol. The van der Waals surface area contributed by atoms with Crippen molar-refractivity contribution < 1.29 is 19.1 Å². The van der Waals surface area contributed by atoms with Crippen molar-refractivity contribution in [3.8, 4) is 5.75 Å². The van der Waals surface area contributed by atoms with Gasteiger partial charge in [-0.25, -0.2) is 0 Å². The molecular weight excluding hydrogens is 364 g/mol. The molecule has 7 heteroatoms. The normalized spacial score (nSPS) is 14.4. The lowest BCUT2D eigenvalue weighted by molar-refractivity contribution is -0.145. The van der Waals surface area contributed by atoms with Gasteiger partial charge in [-0.2, -0.15) is 0 Å². The zero-order chi connectivity index (χ0) is 19.4. The summed E-state index contributed by atoms with van der Waals surface area (Å²) < 4.78 is 5.22. The number of ketones is 1. The van der Waals surface area contributed by atoms with E-state index in [9.17, 15) is 14.4 Å². The average Bonchev–Trinajstić information content (AvgIpc) is 3.12. The van der Waals surface area contributed by atoms with Crippen molar-refractivity contribution in [2.24, 2.45) is 0 Å². The Hall–Kier alpha value is -2.67. The molecule has 0 radical (unpaired) electrons. The quantitative estimate of drug-likeness (QED) is 0.715. The van der Waals surface area contributed by atoms with Crippen molar-refractivity contribution >= 4 is 28.9 Å². The van der Waals surface area contributed by atoms with Crippen LogP contribution in [0.2, 0.25) is 0 Å². The molecule has 1 aliphatic heterocycles. The molecular formula is C20H22N2O4S. The van der Waals surface area contributed by atoms with Gasteiger partial charge in [0.2, 0.25) is 11.8 Å². The van der Waals surface area contributed by atoms with Crippen LogP contribution in [0.3, 0.4) is 0 Å². The summed E-state index contributed by atoms with van der Waals surface area (Å²) in [6, 6.07) is 9.38. The molecule has 142 valence electrons. The van der Waals surface area contributed by atoms with Crippen molar-refractivity contribution in [1.29, 1.82) is 0 Å². The molecule has 0 atom stereocenters. The topological polar surface area (TPSA) is 66.9 Å². The number of nitrogens with zero attached hydrogens (tertiary/aromatic N) is 2. The Kier molecular flexibility index (Phi) is 5.91. The van der Waals surface area contributed by atoms with Crippen LogP contribution in [0, 0.1) is 0 Å². The van der Waals surface area contributed by atoms with Crippen LogP contribution in [-0.2, 0) is 22.6 Å². The minimum atomic E-state index is -0.0858. The summed E-state index contributed by atoms with van der Waals surface area (Å²) >= 11 is 1.35. The number of thiophene rings is 1. The number of rotatable bonds is 6. The lowest BCUT2D eigenvalue weighted by Crippen LogP contribution is -2.52. The van der Waals surface area contributed by atoms with E-state index in [-0.39, 0.29) is 30.6 Å². The molecule has 0 aliphatic carbocycles. The zero-order valence-corrected chi connectivity index (χ0v) is 16.3. The first-order valence-electron chi connectivity index (χ1n) is 8.73. The van der Waals surface area contributed by atoms with Crippen LogP contribution < -0.4 is 4.74 Å². The first-order chi connectivity index (χ1) is 13.0. The zero-order valence-electron chi connectivity index (χ0n) is 15.4. The van der Waals surface area contributed by atoms with Gasteiger partial charge in [-0.3, -0.25) is 14.4 Å². The number of Topliss-reactive ketones (excluding diaryl/α,β-unsaturated/α-hetero) is 1. The summed E-state index contributed by atoms with van der Waals surface area (Å²) in [5.74, 6) is 0.610. The fourth-order valence-electron chi connectivity index (χ4n) is 3.02. The van der Waals surface area contributed by atoms with E-state index in [1.807, 2.05) is 29.6 Å².